The molecule has 0 atom stereocenters. The van der Waals surface area contributed by atoms with Crippen LogP contribution in [0.2, 0.25) is 0 Å². The van der Waals surface area contributed by atoms with Gasteiger partial charge in [0.15, 0.2) is 0 Å². The van der Waals surface area contributed by atoms with Crippen LogP contribution >= 0.6 is 0 Å². The summed E-state index contributed by atoms with van der Waals surface area (Å²) in [5.74, 6) is 0.799. The number of nitrogens with zero attached hydrogens (tertiary/aromatic N) is 3. The number of fused-ring (bicyclic) bond motifs is 3. The lowest BCUT2D eigenvalue weighted by Crippen LogP contribution is -2.31. The molecule has 1 aliphatic heterocycles. The molecule has 2 aromatic heterocycles. The maximum absolute atomic E-state index is 12.7. The van der Waals surface area contributed by atoms with Crippen molar-refractivity contribution in [3.8, 4) is 0 Å². The minimum Gasteiger partial charge on any atom is -0.326 e. The first-order valence-electron chi connectivity index (χ1n) is 7.15. The van der Waals surface area contributed by atoms with Gasteiger partial charge in [0.2, 0.25) is 0 Å². The molecule has 0 bridgehead atoms. The van der Waals surface area contributed by atoms with Crippen LogP contribution in [0.15, 0.2) is 53.5 Å². The summed E-state index contributed by atoms with van der Waals surface area (Å²) in [6.45, 7) is 2.87. The van der Waals surface area contributed by atoms with Gasteiger partial charge < -0.3 is 4.90 Å². The van der Waals surface area contributed by atoms with Crippen LogP contribution in [0.3, 0.4) is 0 Å². The monoisotopic (exact) mass is 277 g/mol. The van der Waals surface area contributed by atoms with E-state index in [1.54, 1.807) is 10.6 Å². The predicted molar refractivity (Wildman–Crippen MR) is 83.4 cm³/mol. The van der Waals surface area contributed by atoms with Crippen LogP contribution < -0.4 is 10.5 Å². The topological polar surface area (TPSA) is 37.6 Å². The van der Waals surface area contributed by atoms with Crippen LogP contribution in [0, 0.1) is 0 Å². The van der Waals surface area contributed by atoms with Crippen LogP contribution in [-0.2, 0) is 6.42 Å². The molecule has 3 aromatic rings. The average Bonchev–Trinajstić information content (AvgIpc) is 2.53. The Labute approximate surface area is 122 Å². The zero-order chi connectivity index (χ0) is 14.4. The third kappa shape index (κ3) is 1.69. The van der Waals surface area contributed by atoms with Crippen molar-refractivity contribution < 1.29 is 0 Å². The summed E-state index contributed by atoms with van der Waals surface area (Å²) in [4.78, 5) is 19.6. The van der Waals surface area contributed by atoms with Crippen LogP contribution in [-0.4, -0.2) is 15.9 Å². The third-order valence-corrected chi connectivity index (χ3v) is 4.03. The van der Waals surface area contributed by atoms with Gasteiger partial charge >= 0.3 is 0 Å². The summed E-state index contributed by atoms with van der Waals surface area (Å²) < 4.78 is 1.63. The van der Waals surface area contributed by atoms with E-state index >= 15 is 0 Å². The highest BCUT2D eigenvalue weighted by atomic mass is 16.1. The number of pyridine rings is 1. The molecule has 0 saturated carbocycles. The van der Waals surface area contributed by atoms with Crippen LogP contribution in [0.1, 0.15) is 18.1 Å². The zero-order valence-electron chi connectivity index (χ0n) is 11.8. The highest BCUT2D eigenvalue weighted by molar-refractivity contribution is 5.72. The van der Waals surface area contributed by atoms with Crippen molar-refractivity contribution in [2.75, 3.05) is 11.4 Å². The van der Waals surface area contributed by atoms with Crippen molar-refractivity contribution in [3.05, 3.63) is 70.1 Å². The zero-order valence-corrected chi connectivity index (χ0v) is 11.8. The van der Waals surface area contributed by atoms with E-state index in [1.165, 1.54) is 5.56 Å². The Bertz CT molecular complexity index is 898. The molecule has 0 radical (unpaired) electrons. The molecule has 4 nitrogen and oxygen atoms in total. The van der Waals surface area contributed by atoms with Gasteiger partial charge in [-0.25, -0.2) is 4.98 Å². The van der Waals surface area contributed by atoms with Crippen LogP contribution in [0.25, 0.3) is 5.65 Å². The van der Waals surface area contributed by atoms with Crippen molar-refractivity contribution in [2.24, 2.45) is 0 Å². The molecule has 1 aromatic carbocycles. The second-order valence-electron chi connectivity index (χ2n) is 5.20. The maximum Gasteiger partial charge on any atom is 0.263 e. The van der Waals surface area contributed by atoms with E-state index < -0.39 is 0 Å². The SMILES string of the molecule is CCN1c2ccccc2Cc2c1nc1ccccn1c2=O. The Morgan fingerprint density at radius 3 is 2.81 bits per heavy atom. The van der Waals surface area contributed by atoms with E-state index in [-0.39, 0.29) is 5.56 Å². The fraction of sp³-hybridized carbons (Fsp3) is 0.176. The first kappa shape index (κ1) is 12.1. The van der Waals surface area contributed by atoms with Crippen molar-refractivity contribution in [2.45, 2.75) is 13.3 Å². The molecule has 0 saturated heterocycles. The summed E-state index contributed by atoms with van der Waals surface area (Å²) in [5, 5.41) is 0. The van der Waals surface area contributed by atoms with E-state index in [9.17, 15) is 4.79 Å². The lowest BCUT2D eigenvalue weighted by molar-refractivity contribution is 0.890. The second-order valence-corrected chi connectivity index (χ2v) is 5.20. The maximum atomic E-state index is 12.7. The molecule has 0 fully saturated rings. The number of para-hydroxylation sites is 1. The summed E-state index contributed by atoms with van der Waals surface area (Å²) >= 11 is 0. The Kier molecular flexibility index (Phi) is 2.57. The lowest BCUT2D eigenvalue weighted by Gasteiger charge is -2.31. The normalized spacial score (nSPS) is 13.1. The van der Waals surface area contributed by atoms with Crippen LogP contribution in [0.5, 0.6) is 0 Å². The predicted octanol–water partition coefficient (Wildman–Crippen LogP) is 2.76. The number of anilines is 2. The summed E-state index contributed by atoms with van der Waals surface area (Å²) in [5.41, 5.74) is 3.84. The molecule has 0 N–H and O–H groups in total. The third-order valence-electron chi connectivity index (χ3n) is 4.03. The molecular formula is C17H15N3O. The molecule has 4 rings (SSSR count). The van der Waals surface area contributed by atoms with Gasteiger partial charge in [-0.3, -0.25) is 9.20 Å². The van der Waals surface area contributed by atoms with E-state index in [4.69, 9.17) is 4.98 Å². The number of hydrogen-bond donors (Lipinski definition) is 0. The molecule has 104 valence electrons. The molecule has 0 spiro atoms. The highest BCUT2D eigenvalue weighted by Gasteiger charge is 2.25. The molecule has 0 amide bonds. The van der Waals surface area contributed by atoms with E-state index in [0.29, 0.717) is 12.1 Å². The van der Waals surface area contributed by atoms with Crippen molar-refractivity contribution in [3.63, 3.8) is 0 Å². The first-order valence-corrected chi connectivity index (χ1v) is 7.15. The van der Waals surface area contributed by atoms with Crippen molar-refractivity contribution in [1.29, 1.82) is 0 Å². The van der Waals surface area contributed by atoms with E-state index in [1.807, 2.05) is 30.3 Å². The molecular weight excluding hydrogens is 262 g/mol. The van der Waals surface area contributed by atoms with E-state index in [0.717, 1.165) is 23.6 Å². The Morgan fingerprint density at radius 2 is 1.95 bits per heavy atom. The quantitative estimate of drug-likeness (QED) is 0.686. The molecule has 21 heavy (non-hydrogen) atoms. The van der Waals surface area contributed by atoms with E-state index in [2.05, 4.69) is 24.0 Å². The van der Waals surface area contributed by atoms with Gasteiger partial charge in [-0.15, -0.1) is 0 Å². The number of benzene rings is 1. The van der Waals surface area contributed by atoms with Gasteiger partial charge in [0, 0.05) is 24.8 Å². The molecule has 0 aliphatic carbocycles. The minimum absolute atomic E-state index is 0.0311. The van der Waals surface area contributed by atoms with Gasteiger partial charge in [0.05, 0.1) is 5.56 Å². The number of rotatable bonds is 1. The Balaban J connectivity index is 2.06. The number of aromatic nitrogens is 2. The fourth-order valence-corrected chi connectivity index (χ4v) is 3.04. The van der Waals surface area contributed by atoms with Gasteiger partial charge in [-0.05, 0) is 30.7 Å². The van der Waals surface area contributed by atoms with Crippen molar-refractivity contribution in [1.82, 2.24) is 9.38 Å². The Hall–Kier alpha value is -2.62. The van der Waals surface area contributed by atoms with Gasteiger partial charge in [0.1, 0.15) is 11.5 Å². The fourth-order valence-electron chi connectivity index (χ4n) is 3.04. The summed E-state index contributed by atoms with van der Waals surface area (Å²) in [6.07, 6.45) is 2.42. The average molecular weight is 277 g/mol. The van der Waals surface area contributed by atoms with Gasteiger partial charge in [0.25, 0.3) is 5.56 Å². The van der Waals surface area contributed by atoms with Gasteiger partial charge in [-0.1, -0.05) is 24.3 Å². The summed E-state index contributed by atoms with van der Waals surface area (Å²) in [6, 6.07) is 13.9. The number of hydrogen-bond acceptors (Lipinski definition) is 3. The Morgan fingerprint density at radius 1 is 1.14 bits per heavy atom. The molecule has 4 heteroatoms. The van der Waals surface area contributed by atoms with Gasteiger partial charge in [-0.2, -0.15) is 0 Å². The minimum atomic E-state index is 0.0311. The smallest absolute Gasteiger partial charge is 0.263 e. The lowest BCUT2D eigenvalue weighted by atomic mass is 9.99. The first-order chi connectivity index (χ1) is 10.3. The molecule has 1 aliphatic rings. The highest BCUT2D eigenvalue weighted by Crippen LogP contribution is 2.35. The summed E-state index contributed by atoms with van der Waals surface area (Å²) in [7, 11) is 0. The van der Waals surface area contributed by atoms with Crippen LogP contribution in [0.4, 0.5) is 11.5 Å². The molecule has 0 unspecified atom stereocenters. The second kappa shape index (κ2) is 4.45. The standard InChI is InChI=1S/C17H15N3O/c1-2-19-14-8-4-3-7-12(14)11-13-16(19)18-15-9-5-6-10-20(15)17(13)21/h3-10H,2,11H2,1H3. The molecule has 3 heterocycles. The largest absolute Gasteiger partial charge is 0.326 e. The van der Waals surface area contributed by atoms with Crippen molar-refractivity contribution >= 4 is 17.2 Å².